The number of hydrogen-bond donors (Lipinski definition) is 1. The van der Waals surface area contributed by atoms with E-state index in [-0.39, 0.29) is 22.8 Å². The molecule has 0 aliphatic heterocycles. The maximum absolute atomic E-state index is 12.8. The molecule has 0 radical (unpaired) electrons. The van der Waals surface area contributed by atoms with Gasteiger partial charge in [-0.05, 0) is 24.6 Å². The minimum absolute atomic E-state index is 0.0566. The molecule has 0 atom stereocenters. The van der Waals surface area contributed by atoms with E-state index in [1.165, 1.54) is 26.0 Å². The standard InChI is InChI=1S/C21H16F3NO3/c1-12(26)17-18(15-8-10-16(11-9-15)21(22,23)24)25-19(20(17)28-13(2)27)14-6-4-3-5-7-14/h3-11,25H,1-2H3. The van der Waals surface area contributed by atoms with Crippen molar-refractivity contribution < 1.29 is 27.5 Å². The molecule has 0 bridgehead atoms. The highest BCUT2D eigenvalue weighted by atomic mass is 19.4. The van der Waals surface area contributed by atoms with Crippen molar-refractivity contribution in [2.24, 2.45) is 0 Å². The van der Waals surface area contributed by atoms with Gasteiger partial charge in [-0.25, -0.2) is 0 Å². The van der Waals surface area contributed by atoms with E-state index in [0.29, 0.717) is 16.8 Å². The van der Waals surface area contributed by atoms with E-state index in [1.807, 2.05) is 0 Å². The van der Waals surface area contributed by atoms with Crippen LogP contribution in [0.3, 0.4) is 0 Å². The number of rotatable bonds is 4. The van der Waals surface area contributed by atoms with Crippen LogP contribution in [-0.2, 0) is 11.0 Å². The Balaban J connectivity index is 2.22. The first kappa shape index (κ1) is 19.4. The number of ketones is 1. The van der Waals surface area contributed by atoms with Crippen LogP contribution in [-0.4, -0.2) is 16.7 Å². The fraction of sp³-hybridized carbons (Fsp3) is 0.143. The van der Waals surface area contributed by atoms with Gasteiger partial charge < -0.3 is 9.72 Å². The van der Waals surface area contributed by atoms with Crippen LogP contribution < -0.4 is 4.74 Å². The maximum atomic E-state index is 12.8. The zero-order chi connectivity index (χ0) is 20.5. The van der Waals surface area contributed by atoms with Crippen molar-refractivity contribution in [3.8, 4) is 28.3 Å². The molecular formula is C21H16F3NO3. The van der Waals surface area contributed by atoms with Crippen LogP contribution in [0.15, 0.2) is 54.6 Å². The summed E-state index contributed by atoms with van der Waals surface area (Å²) in [4.78, 5) is 27.0. The number of H-pyrrole nitrogens is 1. The van der Waals surface area contributed by atoms with Crippen LogP contribution in [0.5, 0.6) is 5.75 Å². The molecule has 0 aliphatic rings. The predicted octanol–water partition coefficient (Wildman–Crippen LogP) is 5.50. The van der Waals surface area contributed by atoms with Gasteiger partial charge in [-0.1, -0.05) is 42.5 Å². The van der Waals surface area contributed by atoms with Crippen molar-refractivity contribution in [1.29, 1.82) is 0 Å². The number of carbonyl (C=O) groups is 2. The first-order valence-corrected chi connectivity index (χ1v) is 8.37. The lowest BCUT2D eigenvalue weighted by molar-refractivity contribution is -0.137. The largest absolute Gasteiger partial charge is 0.424 e. The number of hydrogen-bond acceptors (Lipinski definition) is 3. The van der Waals surface area contributed by atoms with E-state index in [9.17, 15) is 22.8 Å². The molecule has 3 aromatic rings. The van der Waals surface area contributed by atoms with Crippen LogP contribution >= 0.6 is 0 Å². The van der Waals surface area contributed by atoms with E-state index < -0.39 is 17.7 Å². The number of benzene rings is 2. The Morgan fingerprint density at radius 2 is 1.43 bits per heavy atom. The van der Waals surface area contributed by atoms with Crippen molar-refractivity contribution in [2.45, 2.75) is 20.0 Å². The first-order chi connectivity index (χ1) is 13.2. The highest BCUT2D eigenvalue weighted by Crippen LogP contribution is 2.40. The second-order valence-corrected chi connectivity index (χ2v) is 6.17. The third-order valence-electron chi connectivity index (χ3n) is 4.12. The van der Waals surface area contributed by atoms with Gasteiger partial charge >= 0.3 is 12.1 Å². The van der Waals surface area contributed by atoms with Gasteiger partial charge in [0.15, 0.2) is 11.5 Å². The number of nitrogens with one attached hydrogen (secondary N) is 1. The number of esters is 1. The lowest BCUT2D eigenvalue weighted by atomic mass is 10.0. The zero-order valence-corrected chi connectivity index (χ0v) is 15.1. The van der Waals surface area contributed by atoms with E-state index in [2.05, 4.69) is 4.98 Å². The quantitative estimate of drug-likeness (QED) is 0.475. The molecule has 0 saturated heterocycles. The van der Waals surface area contributed by atoms with Crippen molar-refractivity contribution in [3.63, 3.8) is 0 Å². The SMILES string of the molecule is CC(=O)Oc1c(-c2ccccc2)[nH]c(-c2ccc(C(F)(F)F)cc2)c1C(C)=O. The highest BCUT2D eigenvalue weighted by molar-refractivity contribution is 6.06. The molecule has 0 saturated carbocycles. The van der Waals surface area contributed by atoms with Gasteiger partial charge in [0.25, 0.3) is 0 Å². The fourth-order valence-electron chi connectivity index (χ4n) is 2.91. The zero-order valence-electron chi connectivity index (χ0n) is 15.1. The summed E-state index contributed by atoms with van der Waals surface area (Å²) in [5.41, 5.74) is 1.03. The molecule has 28 heavy (non-hydrogen) atoms. The van der Waals surface area contributed by atoms with Crippen LogP contribution in [0.2, 0.25) is 0 Å². The molecule has 0 spiro atoms. The molecular weight excluding hydrogens is 371 g/mol. The van der Waals surface area contributed by atoms with Gasteiger partial charge in [0.1, 0.15) is 0 Å². The molecule has 0 unspecified atom stereocenters. The Labute approximate surface area is 159 Å². The van der Waals surface area contributed by atoms with E-state index >= 15 is 0 Å². The number of halogens is 3. The summed E-state index contributed by atoms with van der Waals surface area (Å²) < 4.78 is 43.8. The number of alkyl halides is 3. The second kappa shape index (κ2) is 7.34. The van der Waals surface area contributed by atoms with Crippen LogP contribution in [0.1, 0.15) is 29.8 Å². The summed E-state index contributed by atoms with van der Waals surface area (Å²) >= 11 is 0. The minimum atomic E-state index is -4.46. The Morgan fingerprint density at radius 1 is 0.857 bits per heavy atom. The molecule has 0 amide bonds. The fourth-order valence-corrected chi connectivity index (χ4v) is 2.91. The summed E-state index contributed by atoms with van der Waals surface area (Å²) in [6, 6.07) is 13.3. The van der Waals surface area contributed by atoms with Gasteiger partial charge in [0.2, 0.25) is 0 Å². The van der Waals surface area contributed by atoms with Gasteiger partial charge in [-0.15, -0.1) is 0 Å². The molecule has 1 N–H and O–H groups in total. The molecule has 0 aliphatic carbocycles. The van der Waals surface area contributed by atoms with Crippen molar-refractivity contribution >= 4 is 11.8 Å². The Bertz CT molecular complexity index is 1020. The lowest BCUT2D eigenvalue weighted by Crippen LogP contribution is -2.06. The number of carbonyl (C=O) groups excluding carboxylic acids is 2. The molecule has 2 aromatic carbocycles. The molecule has 1 heterocycles. The third-order valence-corrected chi connectivity index (χ3v) is 4.12. The molecule has 0 fully saturated rings. The number of ether oxygens (including phenoxy) is 1. The normalized spacial score (nSPS) is 11.3. The van der Waals surface area contributed by atoms with Crippen molar-refractivity contribution in [2.75, 3.05) is 0 Å². The average Bonchev–Trinajstić information content (AvgIpc) is 3.00. The molecule has 144 valence electrons. The second-order valence-electron chi connectivity index (χ2n) is 6.17. The topological polar surface area (TPSA) is 59.2 Å². The number of aromatic nitrogens is 1. The van der Waals surface area contributed by atoms with Gasteiger partial charge in [-0.2, -0.15) is 13.2 Å². The summed E-state index contributed by atoms with van der Waals surface area (Å²) in [5.74, 6) is -0.941. The van der Waals surface area contributed by atoms with Gasteiger partial charge in [-0.3, -0.25) is 9.59 Å². The monoisotopic (exact) mass is 387 g/mol. The lowest BCUT2D eigenvalue weighted by Gasteiger charge is -2.08. The van der Waals surface area contributed by atoms with Crippen molar-refractivity contribution in [1.82, 2.24) is 4.98 Å². The third kappa shape index (κ3) is 3.83. The Morgan fingerprint density at radius 3 is 1.93 bits per heavy atom. The van der Waals surface area contributed by atoms with E-state index in [1.54, 1.807) is 30.3 Å². The molecule has 7 heteroatoms. The highest BCUT2D eigenvalue weighted by Gasteiger charge is 2.31. The van der Waals surface area contributed by atoms with Crippen LogP contribution in [0, 0.1) is 0 Å². The predicted molar refractivity (Wildman–Crippen MR) is 98.0 cm³/mol. The van der Waals surface area contributed by atoms with E-state index in [0.717, 1.165) is 12.1 Å². The van der Waals surface area contributed by atoms with Gasteiger partial charge in [0.05, 0.1) is 22.5 Å². The summed E-state index contributed by atoms with van der Waals surface area (Å²) in [6.07, 6.45) is -4.46. The minimum Gasteiger partial charge on any atom is -0.424 e. The first-order valence-electron chi connectivity index (χ1n) is 8.37. The van der Waals surface area contributed by atoms with Crippen LogP contribution in [0.25, 0.3) is 22.5 Å². The molecule has 3 rings (SSSR count). The molecule has 4 nitrogen and oxygen atoms in total. The summed E-state index contributed by atoms with van der Waals surface area (Å²) in [5, 5.41) is 0. The van der Waals surface area contributed by atoms with Crippen LogP contribution in [0.4, 0.5) is 13.2 Å². The number of aromatic amines is 1. The average molecular weight is 387 g/mol. The van der Waals surface area contributed by atoms with Gasteiger partial charge in [0, 0.05) is 12.5 Å². The number of Topliss-reactive ketones (excluding diaryl/α,β-unsaturated/α-hetero) is 1. The summed E-state index contributed by atoms with van der Waals surface area (Å²) in [7, 11) is 0. The molecule has 1 aromatic heterocycles. The Hall–Kier alpha value is -3.35. The van der Waals surface area contributed by atoms with Crippen molar-refractivity contribution in [3.05, 3.63) is 65.7 Å². The Kier molecular flexibility index (Phi) is 5.09. The smallest absolute Gasteiger partial charge is 0.416 e. The van der Waals surface area contributed by atoms with E-state index in [4.69, 9.17) is 4.74 Å². The maximum Gasteiger partial charge on any atom is 0.416 e. The summed E-state index contributed by atoms with van der Waals surface area (Å²) in [6.45, 7) is 2.52.